The maximum atomic E-state index is 13.0. The zero-order valence-electron chi connectivity index (χ0n) is 8.88. The van der Waals surface area contributed by atoms with Crippen molar-refractivity contribution in [3.63, 3.8) is 0 Å². The second kappa shape index (κ2) is 5.65. The molecule has 0 aliphatic rings. The van der Waals surface area contributed by atoms with Crippen molar-refractivity contribution in [2.75, 3.05) is 5.32 Å². The Morgan fingerprint density at radius 3 is 2.59 bits per heavy atom. The molecule has 0 atom stereocenters. The molecule has 4 heteroatoms. The number of nitrogens with one attached hydrogen (secondary N) is 1. The molecule has 0 saturated heterocycles. The van der Waals surface area contributed by atoms with Crippen LogP contribution in [-0.4, -0.2) is 0 Å². The molecule has 0 radical (unpaired) electrons. The van der Waals surface area contributed by atoms with Crippen LogP contribution in [0.2, 0.25) is 0 Å². The van der Waals surface area contributed by atoms with Gasteiger partial charge in [0.25, 0.3) is 0 Å². The van der Waals surface area contributed by atoms with E-state index in [1.54, 1.807) is 6.07 Å². The van der Waals surface area contributed by atoms with Crippen molar-refractivity contribution >= 4 is 37.5 Å². The Bertz CT molecular complexity index is 529. The standard InChI is InChI=1S/C13H10Br2FN/c14-10-4-5-13(12(15)7-10)17-8-9-2-1-3-11(16)6-9/h1-7,17H,8H2. The highest BCUT2D eigenvalue weighted by Crippen LogP contribution is 2.26. The van der Waals surface area contributed by atoms with E-state index in [4.69, 9.17) is 0 Å². The molecule has 0 fully saturated rings. The fraction of sp³-hybridized carbons (Fsp3) is 0.0769. The lowest BCUT2D eigenvalue weighted by atomic mass is 10.2. The number of anilines is 1. The highest BCUT2D eigenvalue weighted by molar-refractivity contribution is 9.11. The number of rotatable bonds is 3. The Kier molecular flexibility index (Phi) is 4.18. The summed E-state index contributed by atoms with van der Waals surface area (Å²) < 4.78 is 15.0. The normalized spacial score (nSPS) is 10.3. The van der Waals surface area contributed by atoms with E-state index >= 15 is 0 Å². The fourth-order valence-corrected chi connectivity index (χ4v) is 2.66. The predicted octanol–water partition coefficient (Wildman–Crippen LogP) is 4.96. The first kappa shape index (κ1) is 12.6. The third-order valence-corrected chi connectivity index (χ3v) is 3.45. The molecule has 2 aromatic carbocycles. The second-order valence-corrected chi connectivity index (χ2v) is 5.38. The highest BCUT2D eigenvalue weighted by Gasteiger charge is 2.00. The predicted molar refractivity (Wildman–Crippen MR) is 75.6 cm³/mol. The summed E-state index contributed by atoms with van der Waals surface area (Å²) in [5.74, 6) is -0.209. The zero-order chi connectivity index (χ0) is 12.3. The molecule has 0 aromatic heterocycles. The fourth-order valence-electron chi connectivity index (χ4n) is 1.48. The van der Waals surface area contributed by atoms with Crippen LogP contribution in [0.1, 0.15) is 5.56 Å². The molecule has 0 bridgehead atoms. The smallest absolute Gasteiger partial charge is 0.123 e. The lowest BCUT2D eigenvalue weighted by Crippen LogP contribution is -2.00. The molecule has 0 amide bonds. The Morgan fingerprint density at radius 2 is 1.88 bits per heavy atom. The second-order valence-electron chi connectivity index (χ2n) is 3.61. The van der Waals surface area contributed by atoms with Gasteiger partial charge < -0.3 is 5.32 Å². The Hall–Kier alpha value is -0.870. The number of hydrogen-bond acceptors (Lipinski definition) is 1. The van der Waals surface area contributed by atoms with Crippen molar-refractivity contribution in [3.8, 4) is 0 Å². The van der Waals surface area contributed by atoms with Crippen LogP contribution in [-0.2, 0) is 6.54 Å². The average molecular weight is 359 g/mol. The van der Waals surface area contributed by atoms with Crippen LogP contribution >= 0.6 is 31.9 Å². The van der Waals surface area contributed by atoms with Crippen LogP contribution in [0.25, 0.3) is 0 Å². The quantitative estimate of drug-likeness (QED) is 0.817. The summed E-state index contributed by atoms with van der Waals surface area (Å²) in [5, 5.41) is 3.25. The van der Waals surface area contributed by atoms with Gasteiger partial charge in [0.15, 0.2) is 0 Å². The maximum absolute atomic E-state index is 13.0. The Labute approximate surface area is 116 Å². The third kappa shape index (κ3) is 3.54. The SMILES string of the molecule is Fc1cccc(CNc2ccc(Br)cc2Br)c1. The molecule has 0 saturated carbocycles. The van der Waals surface area contributed by atoms with E-state index < -0.39 is 0 Å². The van der Waals surface area contributed by atoms with Crippen molar-refractivity contribution in [2.24, 2.45) is 0 Å². The number of halogens is 3. The average Bonchev–Trinajstić information content (AvgIpc) is 2.28. The molecule has 17 heavy (non-hydrogen) atoms. The monoisotopic (exact) mass is 357 g/mol. The van der Waals surface area contributed by atoms with Crippen LogP contribution in [0.5, 0.6) is 0 Å². The van der Waals surface area contributed by atoms with E-state index in [9.17, 15) is 4.39 Å². The summed E-state index contributed by atoms with van der Waals surface area (Å²) in [5.41, 5.74) is 1.90. The molecule has 0 aliphatic heterocycles. The van der Waals surface area contributed by atoms with Gasteiger partial charge in [-0.15, -0.1) is 0 Å². The minimum atomic E-state index is -0.209. The van der Waals surface area contributed by atoms with Gasteiger partial charge in [0.1, 0.15) is 5.82 Å². The molecule has 1 nitrogen and oxygen atoms in total. The van der Waals surface area contributed by atoms with Crippen LogP contribution in [0, 0.1) is 5.82 Å². The van der Waals surface area contributed by atoms with Gasteiger partial charge in [-0.2, -0.15) is 0 Å². The van der Waals surface area contributed by atoms with Gasteiger partial charge in [0.05, 0.1) is 0 Å². The van der Waals surface area contributed by atoms with Gasteiger partial charge in [0.2, 0.25) is 0 Å². The lowest BCUT2D eigenvalue weighted by Gasteiger charge is -2.09. The van der Waals surface area contributed by atoms with Gasteiger partial charge in [-0.3, -0.25) is 0 Å². The topological polar surface area (TPSA) is 12.0 Å². The van der Waals surface area contributed by atoms with Gasteiger partial charge in [-0.1, -0.05) is 28.1 Å². The molecular weight excluding hydrogens is 349 g/mol. The molecule has 2 aromatic rings. The van der Waals surface area contributed by atoms with E-state index in [2.05, 4.69) is 37.2 Å². The molecule has 0 unspecified atom stereocenters. The van der Waals surface area contributed by atoms with Crippen LogP contribution in [0.4, 0.5) is 10.1 Å². The van der Waals surface area contributed by atoms with Crippen molar-refractivity contribution in [1.29, 1.82) is 0 Å². The first-order valence-corrected chi connectivity index (χ1v) is 6.67. The van der Waals surface area contributed by atoms with E-state index in [-0.39, 0.29) is 5.82 Å². The molecule has 0 spiro atoms. The highest BCUT2D eigenvalue weighted by atomic mass is 79.9. The molecule has 0 heterocycles. The first-order valence-electron chi connectivity index (χ1n) is 5.08. The van der Waals surface area contributed by atoms with Gasteiger partial charge in [0, 0.05) is 21.2 Å². The van der Waals surface area contributed by atoms with Crippen molar-refractivity contribution in [2.45, 2.75) is 6.54 Å². The number of hydrogen-bond donors (Lipinski definition) is 1. The Balaban J connectivity index is 2.07. The van der Waals surface area contributed by atoms with Crippen LogP contribution in [0.15, 0.2) is 51.4 Å². The Morgan fingerprint density at radius 1 is 1.06 bits per heavy atom. The maximum Gasteiger partial charge on any atom is 0.123 e. The molecule has 1 N–H and O–H groups in total. The molecule has 88 valence electrons. The summed E-state index contributed by atoms with van der Waals surface area (Å²) in [6.07, 6.45) is 0. The van der Waals surface area contributed by atoms with Gasteiger partial charge in [-0.25, -0.2) is 4.39 Å². The third-order valence-electron chi connectivity index (χ3n) is 2.30. The molecule has 2 rings (SSSR count). The summed E-state index contributed by atoms with van der Waals surface area (Å²) in [6, 6.07) is 12.5. The minimum Gasteiger partial charge on any atom is -0.380 e. The van der Waals surface area contributed by atoms with E-state index in [0.29, 0.717) is 6.54 Å². The minimum absolute atomic E-state index is 0.209. The summed E-state index contributed by atoms with van der Waals surface area (Å²) in [7, 11) is 0. The molecular formula is C13H10Br2FN. The zero-order valence-corrected chi connectivity index (χ0v) is 12.1. The first-order chi connectivity index (χ1) is 8.15. The van der Waals surface area contributed by atoms with Gasteiger partial charge in [-0.05, 0) is 51.8 Å². The van der Waals surface area contributed by atoms with E-state index in [1.807, 2.05) is 24.3 Å². The summed E-state index contributed by atoms with van der Waals surface area (Å²) in [4.78, 5) is 0. The van der Waals surface area contributed by atoms with Crippen molar-refractivity contribution in [3.05, 3.63) is 62.8 Å². The van der Waals surface area contributed by atoms with Crippen molar-refractivity contribution in [1.82, 2.24) is 0 Å². The van der Waals surface area contributed by atoms with Gasteiger partial charge >= 0.3 is 0 Å². The lowest BCUT2D eigenvalue weighted by molar-refractivity contribution is 0.626. The van der Waals surface area contributed by atoms with E-state index in [1.165, 1.54) is 12.1 Å². The van der Waals surface area contributed by atoms with E-state index in [0.717, 1.165) is 20.2 Å². The summed E-state index contributed by atoms with van der Waals surface area (Å²) >= 11 is 6.86. The molecule has 0 aliphatic carbocycles. The largest absolute Gasteiger partial charge is 0.380 e. The van der Waals surface area contributed by atoms with Crippen molar-refractivity contribution < 1.29 is 4.39 Å². The van der Waals surface area contributed by atoms with Crippen LogP contribution in [0.3, 0.4) is 0 Å². The number of benzene rings is 2. The van der Waals surface area contributed by atoms with Crippen LogP contribution < -0.4 is 5.32 Å². The summed E-state index contributed by atoms with van der Waals surface area (Å²) in [6.45, 7) is 0.595.